The summed E-state index contributed by atoms with van der Waals surface area (Å²) in [6, 6.07) is 16.7. The molecule has 1 fully saturated rings. The zero-order chi connectivity index (χ0) is 23.4. The van der Waals surface area contributed by atoms with Crippen molar-refractivity contribution >= 4 is 51.7 Å². The van der Waals surface area contributed by atoms with Crippen LogP contribution >= 0.6 is 23.5 Å². The Labute approximate surface area is 205 Å². The Morgan fingerprint density at radius 2 is 1.64 bits per heavy atom. The van der Waals surface area contributed by atoms with E-state index in [-0.39, 0.29) is 5.91 Å². The predicted octanol–water partition coefficient (Wildman–Crippen LogP) is 6.70. The number of amides is 1. The second kappa shape index (κ2) is 10.7. The van der Waals surface area contributed by atoms with E-state index in [2.05, 4.69) is 73.9 Å². The monoisotopic (exact) mass is 480 g/mol. The van der Waals surface area contributed by atoms with Crippen molar-refractivity contribution in [3.63, 3.8) is 0 Å². The van der Waals surface area contributed by atoms with Gasteiger partial charge in [-0.25, -0.2) is 4.99 Å². The van der Waals surface area contributed by atoms with E-state index >= 15 is 0 Å². The van der Waals surface area contributed by atoms with Crippen molar-refractivity contribution in [1.82, 2.24) is 4.90 Å². The van der Waals surface area contributed by atoms with E-state index in [4.69, 9.17) is 4.99 Å². The first-order valence-corrected chi connectivity index (χ1v) is 13.5. The van der Waals surface area contributed by atoms with Gasteiger partial charge in [-0.2, -0.15) is 0 Å². The minimum atomic E-state index is 0.0701. The topological polar surface area (TPSA) is 39.2 Å². The smallest absolute Gasteiger partial charge is 0.269 e. The average Bonchev–Trinajstić information content (AvgIpc) is 3.36. The summed E-state index contributed by atoms with van der Waals surface area (Å²) in [5.41, 5.74) is 3.26. The van der Waals surface area contributed by atoms with Gasteiger partial charge in [-0.05, 0) is 75.4 Å². The molecule has 2 aromatic rings. The van der Waals surface area contributed by atoms with Gasteiger partial charge in [0.1, 0.15) is 9.93 Å². The lowest BCUT2D eigenvalue weighted by atomic mass is 10.2. The fourth-order valence-corrected chi connectivity index (χ4v) is 6.50. The number of amidine groups is 1. The molecule has 0 bridgehead atoms. The lowest BCUT2D eigenvalue weighted by Crippen LogP contribution is -2.30. The number of unbranched alkanes of at least 4 members (excludes halogenated alkanes) is 1. The van der Waals surface area contributed by atoms with E-state index in [1.807, 2.05) is 17.0 Å². The van der Waals surface area contributed by atoms with Crippen LogP contribution in [0.25, 0.3) is 0 Å². The van der Waals surface area contributed by atoms with E-state index in [1.165, 1.54) is 28.0 Å². The summed E-state index contributed by atoms with van der Waals surface area (Å²) in [7, 11) is 0. The number of carbonyl (C=O) groups is 1. The van der Waals surface area contributed by atoms with Gasteiger partial charge < -0.3 is 9.80 Å². The quantitative estimate of drug-likeness (QED) is 0.393. The average molecular weight is 481 g/mol. The maximum absolute atomic E-state index is 13.6. The van der Waals surface area contributed by atoms with Gasteiger partial charge >= 0.3 is 0 Å². The SMILES string of the molecule is CCCCN1C(=O)C(=C2Sc3ccccc3N2CC)SC1=Nc1ccc(N(CC)CC)cc1. The number of aliphatic imine (C=N–C) groups is 1. The molecule has 2 aliphatic heterocycles. The number of hydrogen-bond acceptors (Lipinski definition) is 6. The van der Waals surface area contributed by atoms with Crippen LogP contribution < -0.4 is 9.80 Å². The van der Waals surface area contributed by atoms with Crippen LogP contribution in [-0.2, 0) is 4.79 Å². The first-order chi connectivity index (χ1) is 16.1. The van der Waals surface area contributed by atoms with Gasteiger partial charge in [-0.15, -0.1) is 0 Å². The highest BCUT2D eigenvalue weighted by molar-refractivity contribution is 8.19. The minimum absolute atomic E-state index is 0.0701. The number of fused-ring (bicyclic) bond motifs is 1. The number of anilines is 2. The third-order valence-electron chi connectivity index (χ3n) is 5.92. The molecule has 2 aromatic carbocycles. The van der Waals surface area contributed by atoms with Crippen molar-refractivity contribution in [3.8, 4) is 0 Å². The third kappa shape index (κ3) is 4.80. The molecule has 0 spiro atoms. The summed E-state index contributed by atoms with van der Waals surface area (Å²) in [5, 5.41) is 1.80. The van der Waals surface area contributed by atoms with Crippen molar-refractivity contribution in [2.75, 3.05) is 36.0 Å². The number of hydrogen-bond donors (Lipinski definition) is 0. The molecule has 2 aliphatic rings. The zero-order valence-electron chi connectivity index (χ0n) is 19.9. The standard InChI is InChI=1S/C26H32N4OS2/c1-5-9-18-30-24(31)23(25-29(8-4)21-12-10-11-13-22(21)32-25)33-26(30)27-19-14-16-20(17-15-19)28(6-2)7-3/h10-17H,5-9,18H2,1-4H3. The fraction of sp³-hybridized carbons (Fsp3) is 0.385. The maximum atomic E-state index is 13.6. The molecule has 0 N–H and O–H groups in total. The summed E-state index contributed by atoms with van der Waals surface area (Å²) in [5.74, 6) is 0.0701. The Kier molecular flexibility index (Phi) is 7.71. The Balaban J connectivity index is 1.67. The van der Waals surface area contributed by atoms with E-state index in [0.29, 0.717) is 6.54 Å². The highest BCUT2D eigenvalue weighted by atomic mass is 32.2. The molecule has 0 radical (unpaired) electrons. The molecule has 5 nitrogen and oxygen atoms in total. The van der Waals surface area contributed by atoms with E-state index < -0.39 is 0 Å². The molecule has 33 heavy (non-hydrogen) atoms. The molecule has 174 valence electrons. The Morgan fingerprint density at radius 3 is 2.30 bits per heavy atom. The number of carbonyl (C=O) groups excluding carboxylic acids is 1. The molecular weight excluding hydrogens is 448 g/mol. The Morgan fingerprint density at radius 1 is 0.909 bits per heavy atom. The minimum Gasteiger partial charge on any atom is -0.372 e. The maximum Gasteiger partial charge on any atom is 0.269 e. The predicted molar refractivity (Wildman–Crippen MR) is 144 cm³/mol. The molecule has 0 saturated carbocycles. The van der Waals surface area contributed by atoms with Crippen LogP contribution in [0.2, 0.25) is 0 Å². The summed E-state index contributed by atoms with van der Waals surface area (Å²) in [6.45, 7) is 12.1. The van der Waals surface area contributed by atoms with Crippen molar-refractivity contribution in [2.45, 2.75) is 45.4 Å². The van der Waals surface area contributed by atoms with Gasteiger partial charge in [0.2, 0.25) is 0 Å². The van der Waals surface area contributed by atoms with Crippen molar-refractivity contribution < 1.29 is 4.79 Å². The molecule has 2 heterocycles. The number of rotatable bonds is 8. The van der Waals surface area contributed by atoms with E-state index in [9.17, 15) is 4.79 Å². The first-order valence-electron chi connectivity index (χ1n) is 11.8. The number of para-hydroxylation sites is 1. The van der Waals surface area contributed by atoms with Crippen LogP contribution in [0, 0.1) is 0 Å². The fourth-order valence-electron chi connectivity index (χ4n) is 4.09. The van der Waals surface area contributed by atoms with Gasteiger partial charge in [0.25, 0.3) is 5.91 Å². The molecule has 1 amide bonds. The molecular formula is C26H32N4OS2. The van der Waals surface area contributed by atoms with Crippen molar-refractivity contribution in [2.24, 2.45) is 4.99 Å². The summed E-state index contributed by atoms with van der Waals surface area (Å²) in [4.78, 5) is 26.9. The lowest BCUT2D eigenvalue weighted by molar-refractivity contribution is -0.122. The van der Waals surface area contributed by atoms with Crippen LogP contribution in [0.4, 0.5) is 17.1 Å². The van der Waals surface area contributed by atoms with E-state index in [0.717, 1.165) is 53.3 Å². The molecule has 0 aromatic heterocycles. The van der Waals surface area contributed by atoms with Gasteiger partial charge in [0, 0.05) is 36.8 Å². The van der Waals surface area contributed by atoms with Crippen molar-refractivity contribution in [3.05, 3.63) is 58.5 Å². The molecule has 1 saturated heterocycles. The first kappa shape index (κ1) is 23.8. The van der Waals surface area contributed by atoms with Crippen LogP contribution in [-0.4, -0.2) is 42.2 Å². The number of benzene rings is 2. The Hall–Kier alpha value is -2.38. The van der Waals surface area contributed by atoms with Crippen LogP contribution in [0.1, 0.15) is 40.5 Å². The van der Waals surface area contributed by atoms with Gasteiger partial charge in [-0.1, -0.05) is 37.2 Å². The molecule has 4 rings (SSSR count). The van der Waals surface area contributed by atoms with Gasteiger partial charge in [-0.3, -0.25) is 9.69 Å². The number of thioether (sulfide) groups is 2. The normalized spacial score (nSPS) is 19.0. The third-order valence-corrected chi connectivity index (χ3v) is 8.30. The second-order valence-corrected chi connectivity index (χ2v) is 9.95. The van der Waals surface area contributed by atoms with Crippen molar-refractivity contribution in [1.29, 1.82) is 0 Å². The number of nitrogens with zero attached hydrogens (tertiary/aromatic N) is 4. The van der Waals surface area contributed by atoms with Crippen LogP contribution in [0.3, 0.4) is 0 Å². The molecule has 0 aliphatic carbocycles. The lowest BCUT2D eigenvalue weighted by Gasteiger charge is -2.21. The van der Waals surface area contributed by atoms with Crippen LogP contribution in [0.5, 0.6) is 0 Å². The molecule has 7 heteroatoms. The second-order valence-electron chi connectivity index (χ2n) is 7.94. The molecule has 0 unspecified atom stereocenters. The Bertz CT molecular complexity index is 1060. The summed E-state index contributed by atoms with van der Waals surface area (Å²) >= 11 is 3.20. The highest BCUT2D eigenvalue weighted by Gasteiger charge is 2.39. The van der Waals surface area contributed by atoms with Gasteiger partial charge in [0.15, 0.2) is 5.17 Å². The largest absolute Gasteiger partial charge is 0.372 e. The zero-order valence-corrected chi connectivity index (χ0v) is 21.5. The molecule has 0 atom stereocenters. The summed E-state index contributed by atoms with van der Waals surface area (Å²) in [6.07, 6.45) is 1.99. The summed E-state index contributed by atoms with van der Waals surface area (Å²) < 4.78 is 0. The van der Waals surface area contributed by atoms with Gasteiger partial charge in [0.05, 0.1) is 11.4 Å². The highest BCUT2D eigenvalue weighted by Crippen LogP contribution is 2.50. The van der Waals surface area contributed by atoms with Crippen LogP contribution in [0.15, 0.2) is 68.4 Å². The van der Waals surface area contributed by atoms with E-state index in [1.54, 1.807) is 11.8 Å².